The first kappa shape index (κ1) is 21.7. The highest BCUT2D eigenvalue weighted by molar-refractivity contribution is 7.88. The van der Waals surface area contributed by atoms with Crippen LogP contribution in [0.2, 0.25) is 5.02 Å². The molecule has 0 N–H and O–H groups in total. The number of sulfonamides is 1. The van der Waals surface area contributed by atoms with Crippen LogP contribution in [-0.2, 0) is 21.4 Å². The predicted molar refractivity (Wildman–Crippen MR) is 110 cm³/mol. The molecule has 1 aromatic heterocycles. The lowest BCUT2D eigenvalue weighted by molar-refractivity contribution is -0.139. The molecular formula is C19H25ClN4O4S. The molecule has 1 atom stereocenters. The van der Waals surface area contributed by atoms with Crippen molar-refractivity contribution in [3.8, 4) is 11.5 Å². The van der Waals surface area contributed by atoms with Gasteiger partial charge >= 0.3 is 0 Å². The van der Waals surface area contributed by atoms with Crippen LogP contribution >= 0.6 is 11.6 Å². The van der Waals surface area contributed by atoms with Gasteiger partial charge in [0.15, 0.2) is 0 Å². The van der Waals surface area contributed by atoms with Crippen molar-refractivity contribution < 1.29 is 17.6 Å². The van der Waals surface area contributed by atoms with Crippen LogP contribution in [0.5, 0.6) is 0 Å². The van der Waals surface area contributed by atoms with Gasteiger partial charge in [0.25, 0.3) is 0 Å². The van der Waals surface area contributed by atoms with Crippen molar-refractivity contribution in [1.82, 2.24) is 19.4 Å². The summed E-state index contributed by atoms with van der Waals surface area (Å²) >= 11 is 6.18. The molecule has 1 aromatic carbocycles. The zero-order valence-corrected chi connectivity index (χ0v) is 18.3. The van der Waals surface area contributed by atoms with Gasteiger partial charge in [-0.2, -0.15) is 0 Å². The molecule has 3 rings (SSSR count). The largest absolute Gasteiger partial charge is 0.419 e. The van der Waals surface area contributed by atoms with Crippen molar-refractivity contribution in [3.05, 3.63) is 35.2 Å². The molecule has 1 aliphatic heterocycles. The number of aromatic nitrogens is 2. The monoisotopic (exact) mass is 440 g/mol. The van der Waals surface area contributed by atoms with Gasteiger partial charge in [-0.1, -0.05) is 23.7 Å². The molecule has 0 saturated carbocycles. The molecule has 2 heterocycles. The number of rotatable bonds is 6. The maximum absolute atomic E-state index is 13.1. The average Bonchev–Trinajstić information content (AvgIpc) is 3.13. The number of nitrogens with zero attached hydrogens (tertiary/aromatic N) is 4. The van der Waals surface area contributed by atoms with Gasteiger partial charge in [0.1, 0.15) is 0 Å². The van der Waals surface area contributed by atoms with E-state index < -0.39 is 10.0 Å². The Morgan fingerprint density at radius 1 is 1.34 bits per heavy atom. The topological polar surface area (TPSA) is 96.6 Å². The standard InChI is InChI=1S/C19H25ClN4O4S/c1-13(2)24(19(25)14-7-6-10-23(11-14)29(3,26)27)12-17-21-22-18(28-17)15-8-4-5-9-16(15)20/h4-5,8-9,13-14H,6-7,10-12H2,1-3H3. The number of carbonyl (C=O) groups excluding carboxylic acids is 1. The molecule has 0 spiro atoms. The summed E-state index contributed by atoms with van der Waals surface area (Å²) < 4.78 is 30.9. The van der Waals surface area contributed by atoms with Crippen molar-refractivity contribution in [3.63, 3.8) is 0 Å². The first-order valence-electron chi connectivity index (χ1n) is 9.49. The summed E-state index contributed by atoms with van der Waals surface area (Å²) in [6.07, 6.45) is 2.49. The quantitative estimate of drug-likeness (QED) is 0.685. The SMILES string of the molecule is CC(C)N(Cc1nnc(-c2ccccc2Cl)o1)C(=O)C1CCCN(S(C)(=O)=O)C1. The van der Waals surface area contributed by atoms with Crippen LogP contribution in [-0.4, -0.2) is 59.1 Å². The van der Waals surface area contributed by atoms with Crippen LogP contribution in [0.25, 0.3) is 11.5 Å². The van der Waals surface area contributed by atoms with Gasteiger partial charge in [-0.15, -0.1) is 10.2 Å². The van der Waals surface area contributed by atoms with Crippen LogP contribution in [0.1, 0.15) is 32.6 Å². The van der Waals surface area contributed by atoms with Gasteiger partial charge < -0.3 is 9.32 Å². The van der Waals surface area contributed by atoms with Crippen molar-refractivity contribution in [2.24, 2.45) is 5.92 Å². The van der Waals surface area contributed by atoms with E-state index in [4.69, 9.17) is 16.0 Å². The molecule has 8 nitrogen and oxygen atoms in total. The Morgan fingerprint density at radius 3 is 2.72 bits per heavy atom. The second-order valence-corrected chi connectivity index (χ2v) is 9.89. The first-order chi connectivity index (χ1) is 13.7. The van der Waals surface area contributed by atoms with Crippen molar-refractivity contribution >= 4 is 27.5 Å². The molecule has 0 bridgehead atoms. The molecule has 2 aromatic rings. The molecule has 10 heteroatoms. The minimum Gasteiger partial charge on any atom is -0.419 e. The van der Waals surface area contributed by atoms with Gasteiger partial charge in [-0.05, 0) is 38.8 Å². The van der Waals surface area contributed by atoms with E-state index in [1.165, 1.54) is 10.6 Å². The van der Waals surface area contributed by atoms with Crippen molar-refractivity contribution in [2.75, 3.05) is 19.3 Å². The number of carbonyl (C=O) groups is 1. The zero-order valence-electron chi connectivity index (χ0n) is 16.7. The number of hydrogen-bond acceptors (Lipinski definition) is 6. The average molecular weight is 441 g/mol. The summed E-state index contributed by atoms with van der Waals surface area (Å²) in [5.41, 5.74) is 0.631. The molecule has 1 fully saturated rings. The normalized spacial score (nSPS) is 18.2. The van der Waals surface area contributed by atoms with E-state index in [0.717, 1.165) is 0 Å². The summed E-state index contributed by atoms with van der Waals surface area (Å²) in [7, 11) is -3.32. The van der Waals surface area contributed by atoms with Crippen molar-refractivity contribution in [1.29, 1.82) is 0 Å². The van der Waals surface area contributed by atoms with E-state index in [1.54, 1.807) is 17.0 Å². The van der Waals surface area contributed by atoms with E-state index in [2.05, 4.69) is 10.2 Å². The maximum Gasteiger partial charge on any atom is 0.249 e. The summed E-state index contributed by atoms with van der Waals surface area (Å²) in [6.45, 7) is 4.62. The minimum atomic E-state index is -3.32. The van der Waals surface area contributed by atoms with Gasteiger partial charge in [0.05, 0.1) is 29.3 Å². The highest BCUT2D eigenvalue weighted by Crippen LogP contribution is 2.27. The molecule has 0 radical (unpaired) electrons. The first-order valence-corrected chi connectivity index (χ1v) is 11.7. The third-order valence-corrected chi connectivity index (χ3v) is 6.58. The van der Waals surface area contributed by atoms with Crippen LogP contribution in [0.4, 0.5) is 0 Å². The van der Waals surface area contributed by atoms with E-state index in [9.17, 15) is 13.2 Å². The predicted octanol–water partition coefficient (Wildman–Crippen LogP) is 2.80. The van der Waals surface area contributed by atoms with E-state index in [1.807, 2.05) is 26.0 Å². The van der Waals surface area contributed by atoms with Crippen molar-refractivity contribution in [2.45, 2.75) is 39.3 Å². The molecule has 158 valence electrons. The minimum absolute atomic E-state index is 0.105. The Hall–Kier alpha value is -1.97. The highest BCUT2D eigenvalue weighted by atomic mass is 35.5. The molecular weight excluding hydrogens is 416 g/mol. The van der Waals surface area contributed by atoms with Gasteiger partial charge in [0, 0.05) is 19.1 Å². The number of halogens is 1. The van der Waals surface area contributed by atoms with E-state index in [-0.39, 0.29) is 31.0 Å². The fraction of sp³-hybridized carbons (Fsp3) is 0.526. The molecule has 1 saturated heterocycles. The van der Waals surface area contributed by atoms with Gasteiger partial charge in [-0.25, -0.2) is 12.7 Å². The molecule has 29 heavy (non-hydrogen) atoms. The van der Waals surface area contributed by atoms with E-state index >= 15 is 0 Å². The molecule has 1 amide bonds. The summed E-state index contributed by atoms with van der Waals surface area (Å²) in [6, 6.07) is 7.05. The Balaban J connectivity index is 1.75. The maximum atomic E-state index is 13.1. The van der Waals surface area contributed by atoms with Crippen LogP contribution < -0.4 is 0 Å². The van der Waals surface area contributed by atoms with Crippen LogP contribution in [0.15, 0.2) is 28.7 Å². The van der Waals surface area contributed by atoms with Crippen LogP contribution in [0, 0.1) is 5.92 Å². The summed E-state index contributed by atoms with van der Waals surface area (Å²) in [5, 5.41) is 8.61. The lowest BCUT2D eigenvalue weighted by atomic mass is 9.97. The Labute approximate surface area is 175 Å². The lowest BCUT2D eigenvalue weighted by Gasteiger charge is -2.34. The smallest absolute Gasteiger partial charge is 0.249 e. The number of benzene rings is 1. The number of hydrogen-bond donors (Lipinski definition) is 0. The Bertz CT molecular complexity index is 976. The second kappa shape index (κ2) is 8.81. The van der Waals surface area contributed by atoms with Gasteiger partial charge in [-0.3, -0.25) is 4.79 Å². The summed E-state index contributed by atoms with van der Waals surface area (Å²) in [5.74, 6) is 0.109. The number of piperidine rings is 1. The van der Waals surface area contributed by atoms with Gasteiger partial charge in [0.2, 0.25) is 27.7 Å². The highest BCUT2D eigenvalue weighted by Gasteiger charge is 2.34. The Kier molecular flexibility index (Phi) is 6.60. The zero-order chi connectivity index (χ0) is 21.2. The van der Waals surface area contributed by atoms with Crippen LogP contribution in [0.3, 0.4) is 0 Å². The lowest BCUT2D eigenvalue weighted by Crippen LogP contribution is -2.48. The molecule has 0 aliphatic carbocycles. The second-order valence-electron chi connectivity index (χ2n) is 7.50. The van der Waals surface area contributed by atoms with E-state index in [0.29, 0.717) is 41.8 Å². The third-order valence-electron chi connectivity index (χ3n) is 4.99. The fourth-order valence-electron chi connectivity index (χ4n) is 3.40. The Morgan fingerprint density at radius 2 is 2.07 bits per heavy atom. The number of amides is 1. The molecule has 1 aliphatic rings. The summed E-state index contributed by atoms with van der Waals surface area (Å²) in [4.78, 5) is 14.8. The third kappa shape index (κ3) is 5.15. The molecule has 1 unspecified atom stereocenters. The fourth-order valence-corrected chi connectivity index (χ4v) is 4.53.